The number of nitrogens with two attached hydrogens (primary N) is 1. The fraction of sp³-hybridized carbons (Fsp3) is 0.467. The minimum Gasteiger partial charge on any atom is -0.481 e. The van der Waals surface area contributed by atoms with Crippen molar-refractivity contribution in [2.24, 2.45) is 29.4 Å². The summed E-state index contributed by atoms with van der Waals surface area (Å²) in [5, 5.41) is 29.0. The highest BCUT2D eigenvalue weighted by atomic mass is 35.5. The Bertz CT molecular complexity index is 719. The van der Waals surface area contributed by atoms with E-state index in [1.54, 1.807) is 0 Å². The summed E-state index contributed by atoms with van der Waals surface area (Å²) in [6.07, 6.45) is -1.11. The van der Waals surface area contributed by atoms with Gasteiger partial charge in [0, 0.05) is 28.4 Å². The lowest BCUT2D eigenvalue weighted by molar-refractivity contribution is -0.148. The molecule has 0 saturated heterocycles. The van der Waals surface area contributed by atoms with Crippen molar-refractivity contribution in [2.75, 3.05) is 5.75 Å². The molecule has 2 fully saturated rings. The summed E-state index contributed by atoms with van der Waals surface area (Å²) in [5.41, 5.74) is 4.24. The van der Waals surface area contributed by atoms with Gasteiger partial charge in [0.05, 0.1) is 17.0 Å². The van der Waals surface area contributed by atoms with Crippen molar-refractivity contribution in [3.8, 4) is 0 Å². The minimum atomic E-state index is -1.80. The summed E-state index contributed by atoms with van der Waals surface area (Å²) in [4.78, 5) is 23.5. The van der Waals surface area contributed by atoms with Crippen LogP contribution in [-0.2, 0) is 9.59 Å². The minimum absolute atomic E-state index is 0.0574. The SMILES string of the molecule is N[C@]1(C(=O)O)[C@@H]2[C@@H](C(=O)O)[C@@H]2[C@H](O)[C@H]1CSc1ccc(F)c(Cl)c1. The van der Waals surface area contributed by atoms with Crippen molar-refractivity contribution in [1.29, 1.82) is 0 Å². The maximum atomic E-state index is 13.2. The molecule has 1 aromatic carbocycles. The van der Waals surface area contributed by atoms with Crippen LogP contribution in [0.25, 0.3) is 0 Å². The number of carboxylic acids is 2. The van der Waals surface area contributed by atoms with Crippen LogP contribution in [0.4, 0.5) is 4.39 Å². The number of aliphatic carboxylic acids is 2. The first-order chi connectivity index (χ1) is 11.2. The first-order valence-corrected chi connectivity index (χ1v) is 8.57. The molecule has 0 unspecified atom stereocenters. The van der Waals surface area contributed by atoms with E-state index in [2.05, 4.69) is 0 Å². The van der Waals surface area contributed by atoms with Crippen molar-refractivity contribution in [1.82, 2.24) is 0 Å². The average Bonchev–Trinajstić information content (AvgIpc) is 3.21. The van der Waals surface area contributed by atoms with E-state index >= 15 is 0 Å². The molecule has 2 aliphatic carbocycles. The highest BCUT2D eigenvalue weighted by molar-refractivity contribution is 7.99. The van der Waals surface area contributed by atoms with Gasteiger partial charge in [-0.15, -0.1) is 11.8 Å². The first-order valence-electron chi connectivity index (χ1n) is 7.20. The number of aliphatic hydroxyl groups excluding tert-OH is 1. The number of benzene rings is 1. The summed E-state index contributed by atoms with van der Waals surface area (Å²) in [6, 6.07) is 4.09. The third kappa shape index (κ3) is 2.48. The fourth-order valence-corrected chi connectivity index (χ4v) is 5.24. The topological polar surface area (TPSA) is 121 Å². The van der Waals surface area contributed by atoms with Crippen LogP contribution in [0, 0.1) is 29.5 Å². The first kappa shape index (κ1) is 17.5. The van der Waals surface area contributed by atoms with Gasteiger partial charge in [-0.1, -0.05) is 11.6 Å². The molecule has 6 nitrogen and oxygen atoms in total. The van der Waals surface area contributed by atoms with E-state index in [9.17, 15) is 24.2 Å². The smallest absolute Gasteiger partial charge is 0.324 e. The molecule has 9 heteroatoms. The van der Waals surface area contributed by atoms with Crippen molar-refractivity contribution in [2.45, 2.75) is 16.5 Å². The summed E-state index contributed by atoms with van der Waals surface area (Å²) in [5.74, 6) is -6.04. The highest BCUT2D eigenvalue weighted by Gasteiger charge is 2.77. The van der Waals surface area contributed by atoms with Gasteiger partial charge in [0.25, 0.3) is 0 Å². The van der Waals surface area contributed by atoms with E-state index in [4.69, 9.17) is 22.4 Å². The predicted molar refractivity (Wildman–Crippen MR) is 84.3 cm³/mol. The molecule has 3 rings (SSSR count). The van der Waals surface area contributed by atoms with Gasteiger partial charge in [-0.3, -0.25) is 9.59 Å². The van der Waals surface area contributed by atoms with E-state index in [-0.39, 0.29) is 10.8 Å². The second-order valence-corrected chi connectivity index (χ2v) is 7.69. The largest absolute Gasteiger partial charge is 0.481 e. The average molecular weight is 376 g/mol. The standard InChI is InChI=1S/C15H15ClFNO5S/c16-7-3-5(1-2-8(7)17)24-4-6-12(19)9-10(13(20)21)11(9)15(6,18)14(22)23/h1-3,6,9-12,19H,4,18H2,(H,20,21)(H,22,23)/t6-,9+,10+,11+,12-,15+/m1/s1. The van der Waals surface area contributed by atoms with Crippen molar-refractivity contribution in [3.63, 3.8) is 0 Å². The molecule has 2 aliphatic rings. The lowest BCUT2D eigenvalue weighted by Crippen LogP contribution is -2.58. The Morgan fingerprint density at radius 1 is 1.38 bits per heavy atom. The number of carboxylic acid groups (broad SMARTS) is 2. The van der Waals surface area contributed by atoms with Gasteiger partial charge >= 0.3 is 11.9 Å². The van der Waals surface area contributed by atoms with Crippen LogP contribution >= 0.6 is 23.4 Å². The second kappa shape index (κ2) is 5.87. The Labute approximate surface area is 145 Å². The van der Waals surface area contributed by atoms with Crippen LogP contribution < -0.4 is 5.73 Å². The Hall–Kier alpha value is -1.35. The van der Waals surface area contributed by atoms with Gasteiger partial charge in [0.2, 0.25) is 0 Å². The molecule has 0 spiro atoms. The Morgan fingerprint density at radius 2 is 2.04 bits per heavy atom. The third-order valence-electron chi connectivity index (χ3n) is 5.02. The Morgan fingerprint density at radius 3 is 2.58 bits per heavy atom. The number of rotatable bonds is 5. The van der Waals surface area contributed by atoms with Gasteiger partial charge < -0.3 is 21.1 Å². The monoisotopic (exact) mass is 375 g/mol. The van der Waals surface area contributed by atoms with Gasteiger partial charge in [-0.2, -0.15) is 0 Å². The van der Waals surface area contributed by atoms with E-state index < -0.39 is 53.1 Å². The van der Waals surface area contributed by atoms with Gasteiger partial charge in [0.15, 0.2) is 0 Å². The van der Waals surface area contributed by atoms with Crippen LogP contribution in [0.3, 0.4) is 0 Å². The number of thioether (sulfide) groups is 1. The molecular formula is C15H15ClFNO5S. The number of halogens is 2. The molecule has 0 heterocycles. The van der Waals surface area contributed by atoms with E-state index in [0.717, 1.165) is 0 Å². The zero-order valence-corrected chi connectivity index (χ0v) is 13.8. The number of hydrogen-bond donors (Lipinski definition) is 4. The van der Waals surface area contributed by atoms with Crippen molar-refractivity contribution < 1.29 is 29.3 Å². The van der Waals surface area contributed by atoms with Crippen LogP contribution in [0.15, 0.2) is 23.1 Å². The molecule has 0 radical (unpaired) electrons. The summed E-state index contributed by atoms with van der Waals surface area (Å²) in [6.45, 7) is 0. The highest BCUT2D eigenvalue weighted by Crippen LogP contribution is 2.64. The predicted octanol–water partition coefficient (Wildman–Crippen LogP) is 1.29. The molecule has 130 valence electrons. The summed E-state index contributed by atoms with van der Waals surface area (Å²) < 4.78 is 13.2. The maximum Gasteiger partial charge on any atom is 0.324 e. The number of aliphatic hydroxyl groups is 1. The van der Waals surface area contributed by atoms with E-state index in [1.807, 2.05) is 0 Å². The molecule has 0 aromatic heterocycles. The third-order valence-corrected chi connectivity index (χ3v) is 6.43. The zero-order chi connectivity index (χ0) is 17.8. The van der Waals surface area contributed by atoms with Crippen molar-refractivity contribution in [3.05, 3.63) is 29.0 Å². The molecule has 2 saturated carbocycles. The Kier molecular flexibility index (Phi) is 4.28. The van der Waals surface area contributed by atoms with Crippen LogP contribution in [0.1, 0.15) is 0 Å². The van der Waals surface area contributed by atoms with Crippen LogP contribution in [-0.4, -0.2) is 44.7 Å². The zero-order valence-electron chi connectivity index (χ0n) is 12.2. The van der Waals surface area contributed by atoms with E-state index in [1.165, 1.54) is 30.0 Å². The summed E-state index contributed by atoms with van der Waals surface area (Å²) in [7, 11) is 0. The second-order valence-electron chi connectivity index (χ2n) is 6.19. The Balaban J connectivity index is 1.79. The normalized spacial score (nSPS) is 37.1. The van der Waals surface area contributed by atoms with Gasteiger partial charge in [0.1, 0.15) is 11.4 Å². The molecule has 0 amide bonds. The molecule has 0 aliphatic heterocycles. The molecule has 1 aromatic rings. The van der Waals surface area contributed by atoms with Gasteiger partial charge in [-0.05, 0) is 18.2 Å². The number of fused-ring (bicyclic) bond motifs is 1. The molecule has 24 heavy (non-hydrogen) atoms. The fourth-order valence-electron chi connectivity index (χ4n) is 3.78. The molecule has 0 bridgehead atoms. The maximum absolute atomic E-state index is 13.2. The lowest BCUT2D eigenvalue weighted by atomic mass is 9.81. The van der Waals surface area contributed by atoms with Crippen LogP contribution in [0.2, 0.25) is 5.02 Å². The lowest BCUT2D eigenvalue weighted by Gasteiger charge is -2.32. The summed E-state index contributed by atoms with van der Waals surface area (Å²) >= 11 is 6.90. The van der Waals surface area contributed by atoms with Crippen molar-refractivity contribution >= 4 is 35.3 Å². The van der Waals surface area contributed by atoms with E-state index in [0.29, 0.717) is 4.90 Å². The van der Waals surface area contributed by atoms with Gasteiger partial charge in [-0.25, -0.2) is 4.39 Å². The number of carbonyl (C=O) groups is 2. The molecule has 6 atom stereocenters. The molecule has 5 N–H and O–H groups in total. The molecular weight excluding hydrogens is 361 g/mol. The quantitative estimate of drug-likeness (QED) is 0.572. The number of hydrogen-bond acceptors (Lipinski definition) is 5. The van der Waals surface area contributed by atoms with Crippen LogP contribution in [0.5, 0.6) is 0 Å².